The van der Waals surface area contributed by atoms with Crippen molar-refractivity contribution >= 4 is 17.2 Å². The molecule has 0 spiro atoms. The largest absolute Gasteiger partial charge is 0.485 e. The van der Waals surface area contributed by atoms with Gasteiger partial charge in [0.25, 0.3) is 5.91 Å². The number of amides is 1. The number of hydrogen-bond acceptors (Lipinski definition) is 6. The van der Waals surface area contributed by atoms with Crippen LogP contribution in [0.25, 0.3) is 0 Å². The lowest BCUT2D eigenvalue weighted by Crippen LogP contribution is -2.28. The van der Waals surface area contributed by atoms with Crippen LogP contribution in [0.15, 0.2) is 49.1 Å². The van der Waals surface area contributed by atoms with E-state index in [1.165, 1.54) is 11.3 Å². The molecule has 0 aliphatic carbocycles. The predicted molar refractivity (Wildman–Crippen MR) is 100 cm³/mol. The van der Waals surface area contributed by atoms with E-state index in [9.17, 15) is 4.79 Å². The summed E-state index contributed by atoms with van der Waals surface area (Å²) in [5, 5.41) is 0.775. The zero-order valence-electron chi connectivity index (χ0n) is 14.8. The molecule has 1 amide bonds. The first-order valence-electron chi connectivity index (χ1n) is 8.27. The monoisotopic (exact) mass is 368 g/mol. The van der Waals surface area contributed by atoms with Gasteiger partial charge in [0.2, 0.25) is 0 Å². The fourth-order valence-electron chi connectivity index (χ4n) is 2.41. The first-order chi connectivity index (χ1) is 12.6. The van der Waals surface area contributed by atoms with Crippen molar-refractivity contribution in [2.24, 2.45) is 0 Å². The summed E-state index contributed by atoms with van der Waals surface area (Å²) in [6.07, 6.45) is 7.66. The minimum absolute atomic E-state index is 0.0123. The van der Waals surface area contributed by atoms with Crippen LogP contribution in [-0.4, -0.2) is 39.4 Å². The van der Waals surface area contributed by atoms with Crippen LogP contribution in [0.1, 0.15) is 25.9 Å². The van der Waals surface area contributed by atoms with Gasteiger partial charge in [0.15, 0.2) is 0 Å². The van der Waals surface area contributed by atoms with Gasteiger partial charge in [-0.25, -0.2) is 4.98 Å². The third-order valence-electron chi connectivity index (χ3n) is 3.86. The molecule has 0 saturated carbocycles. The second kappa shape index (κ2) is 8.53. The number of ether oxygens (including phenoxy) is 1. The van der Waals surface area contributed by atoms with E-state index < -0.39 is 0 Å². The molecule has 26 heavy (non-hydrogen) atoms. The quantitative estimate of drug-likeness (QED) is 0.641. The number of pyridine rings is 2. The maximum Gasteiger partial charge on any atom is 0.265 e. The van der Waals surface area contributed by atoms with E-state index in [4.69, 9.17) is 4.74 Å². The first kappa shape index (κ1) is 18.0. The highest BCUT2D eigenvalue weighted by atomic mass is 32.1. The molecule has 134 valence electrons. The molecule has 3 rings (SSSR count). The lowest BCUT2D eigenvalue weighted by molar-refractivity contribution is 0.0800. The summed E-state index contributed by atoms with van der Waals surface area (Å²) in [6.45, 7) is 2.82. The van der Waals surface area contributed by atoms with Gasteiger partial charge in [-0.2, -0.15) is 0 Å². The average molecular weight is 368 g/mol. The van der Waals surface area contributed by atoms with Crippen molar-refractivity contribution in [2.75, 3.05) is 13.6 Å². The van der Waals surface area contributed by atoms with Crippen LogP contribution in [0.5, 0.6) is 5.75 Å². The van der Waals surface area contributed by atoms with Gasteiger partial charge in [-0.05, 0) is 43.2 Å². The smallest absolute Gasteiger partial charge is 0.265 e. The minimum Gasteiger partial charge on any atom is -0.485 e. The molecule has 0 aliphatic heterocycles. The van der Waals surface area contributed by atoms with Crippen molar-refractivity contribution in [1.29, 1.82) is 0 Å². The van der Waals surface area contributed by atoms with E-state index in [2.05, 4.69) is 15.0 Å². The molecule has 0 saturated heterocycles. The molecule has 0 aliphatic rings. The fourth-order valence-corrected chi connectivity index (χ4v) is 3.38. The number of rotatable bonds is 7. The number of nitrogens with zero attached hydrogens (tertiary/aromatic N) is 4. The molecular formula is C19H20N4O2S. The molecule has 3 heterocycles. The fraction of sp³-hybridized carbons (Fsp3) is 0.263. The molecular weight excluding hydrogens is 348 g/mol. The normalized spacial score (nSPS) is 10.5. The van der Waals surface area contributed by atoms with Crippen molar-refractivity contribution in [1.82, 2.24) is 19.9 Å². The average Bonchev–Trinajstić information content (AvgIpc) is 3.06. The Morgan fingerprint density at radius 2 is 2.00 bits per heavy atom. The second-order valence-electron chi connectivity index (χ2n) is 5.83. The van der Waals surface area contributed by atoms with Crippen molar-refractivity contribution in [3.63, 3.8) is 0 Å². The summed E-state index contributed by atoms with van der Waals surface area (Å²) < 4.78 is 5.66. The standard InChI is InChI=1S/C19H20N4O2S/c1-14-18(19(24)23(2)11-7-15-5-9-20-10-6-15)26-17(22-14)13-25-16-4-3-8-21-12-16/h3-6,8-10,12H,7,11,13H2,1-2H3. The Balaban J connectivity index is 1.59. The summed E-state index contributed by atoms with van der Waals surface area (Å²) in [7, 11) is 1.81. The molecule has 3 aromatic heterocycles. The van der Waals surface area contributed by atoms with Gasteiger partial charge in [-0.3, -0.25) is 14.8 Å². The summed E-state index contributed by atoms with van der Waals surface area (Å²) in [5.41, 5.74) is 1.90. The Kier molecular flexibility index (Phi) is 5.91. The van der Waals surface area contributed by atoms with Crippen LogP contribution in [0.2, 0.25) is 0 Å². The SMILES string of the molecule is Cc1nc(COc2cccnc2)sc1C(=O)N(C)CCc1ccncc1. The molecule has 0 atom stereocenters. The third kappa shape index (κ3) is 4.64. The van der Waals surface area contributed by atoms with E-state index in [1.807, 2.05) is 38.2 Å². The van der Waals surface area contributed by atoms with E-state index in [0.29, 0.717) is 23.8 Å². The Morgan fingerprint density at radius 3 is 2.73 bits per heavy atom. The topological polar surface area (TPSA) is 68.2 Å². The van der Waals surface area contributed by atoms with Crippen molar-refractivity contribution in [2.45, 2.75) is 20.0 Å². The van der Waals surface area contributed by atoms with Gasteiger partial charge >= 0.3 is 0 Å². The van der Waals surface area contributed by atoms with Crippen LogP contribution in [0.3, 0.4) is 0 Å². The molecule has 0 bridgehead atoms. The molecule has 6 nitrogen and oxygen atoms in total. The van der Waals surface area contributed by atoms with Gasteiger partial charge in [0.05, 0.1) is 11.9 Å². The number of aromatic nitrogens is 3. The Hall–Kier alpha value is -2.80. The number of thiazole rings is 1. The predicted octanol–water partition coefficient (Wildman–Crippen LogP) is 3.14. The van der Waals surface area contributed by atoms with E-state index in [1.54, 1.807) is 29.7 Å². The Labute approximate surface area is 156 Å². The number of likely N-dealkylation sites (N-methyl/N-ethyl adjacent to an activating group) is 1. The Bertz CT molecular complexity index is 852. The molecule has 0 fully saturated rings. The van der Waals surface area contributed by atoms with E-state index in [0.717, 1.165) is 22.7 Å². The number of hydrogen-bond donors (Lipinski definition) is 0. The van der Waals surface area contributed by atoms with Crippen molar-refractivity contribution in [3.8, 4) is 5.75 Å². The zero-order valence-corrected chi connectivity index (χ0v) is 15.6. The number of carbonyl (C=O) groups excluding carboxylic acids is 1. The molecule has 0 radical (unpaired) electrons. The lowest BCUT2D eigenvalue weighted by Gasteiger charge is -2.16. The molecule has 0 unspecified atom stereocenters. The molecule has 3 aromatic rings. The van der Waals surface area contributed by atoms with Crippen molar-refractivity contribution in [3.05, 3.63) is 70.2 Å². The molecule has 7 heteroatoms. The van der Waals surface area contributed by atoms with Gasteiger partial charge in [0, 0.05) is 32.2 Å². The maximum atomic E-state index is 12.7. The highest BCUT2D eigenvalue weighted by Crippen LogP contribution is 2.21. The molecule has 0 aromatic carbocycles. The minimum atomic E-state index is -0.0123. The van der Waals surface area contributed by atoms with Gasteiger partial charge < -0.3 is 9.64 Å². The summed E-state index contributed by atoms with van der Waals surface area (Å²) in [4.78, 5) is 27.6. The van der Waals surface area contributed by atoms with Crippen LogP contribution < -0.4 is 4.74 Å². The molecule has 0 N–H and O–H groups in total. The third-order valence-corrected chi connectivity index (χ3v) is 4.98. The summed E-state index contributed by atoms with van der Waals surface area (Å²) in [5.74, 6) is 0.671. The van der Waals surface area contributed by atoms with Crippen LogP contribution in [0, 0.1) is 6.92 Å². The lowest BCUT2D eigenvalue weighted by atomic mass is 10.2. The number of aryl methyl sites for hydroxylation is 1. The zero-order chi connectivity index (χ0) is 18.4. The number of carbonyl (C=O) groups is 1. The van der Waals surface area contributed by atoms with Gasteiger partial charge in [0.1, 0.15) is 22.2 Å². The second-order valence-corrected chi connectivity index (χ2v) is 6.92. The Morgan fingerprint density at radius 1 is 1.19 bits per heavy atom. The van der Waals surface area contributed by atoms with E-state index in [-0.39, 0.29) is 5.91 Å². The highest BCUT2D eigenvalue weighted by Gasteiger charge is 2.19. The van der Waals surface area contributed by atoms with Crippen LogP contribution >= 0.6 is 11.3 Å². The summed E-state index contributed by atoms with van der Waals surface area (Å²) >= 11 is 1.38. The van der Waals surface area contributed by atoms with Crippen LogP contribution in [-0.2, 0) is 13.0 Å². The maximum absolute atomic E-state index is 12.7. The summed E-state index contributed by atoms with van der Waals surface area (Å²) in [6, 6.07) is 7.58. The van der Waals surface area contributed by atoms with Crippen molar-refractivity contribution < 1.29 is 9.53 Å². The van der Waals surface area contributed by atoms with E-state index >= 15 is 0 Å². The van der Waals surface area contributed by atoms with Gasteiger partial charge in [-0.15, -0.1) is 11.3 Å². The first-order valence-corrected chi connectivity index (χ1v) is 9.08. The van der Waals surface area contributed by atoms with Crippen LogP contribution in [0.4, 0.5) is 0 Å². The van der Waals surface area contributed by atoms with Gasteiger partial charge in [-0.1, -0.05) is 0 Å². The highest BCUT2D eigenvalue weighted by molar-refractivity contribution is 7.13.